The molecule has 0 amide bonds. The summed E-state index contributed by atoms with van der Waals surface area (Å²) in [5, 5.41) is 3.97. The fourth-order valence-corrected chi connectivity index (χ4v) is 2.17. The third kappa shape index (κ3) is 2.71. The van der Waals surface area contributed by atoms with E-state index < -0.39 is 10.0 Å². The molecule has 0 atom stereocenters. The first-order valence-electron chi connectivity index (χ1n) is 4.46. The van der Waals surface area contributed by atoms with Crippen LogP contribution >= 0.6 is 11.6 Å². The Hall–Kier alpha value is -1.67. The van der Waals surface area contributed by atoms with Crippen LogP contribution in [0.15, 0.2) is 29.7 Å². The Kier molecular flexibility index (Phi) is 2.99. The molecule has 0 spiro atoms. The number of nitrogens with zero attached hydrogens (tertiary/aromatic N) is 4. The Labute approximate surface area is 103 Å². The fourth-order valence-electron chi connectivity index (χ4n) is 1.10. The topological polar surface area (TPSA) is 89.8 Å². The lowest BCUT2D eigenvalue weighted by Gasteiger charge is -2.03. The zero-order valence-corrected chi connectivity index (χ0v) is 10.3. The van der Waals surface area contributed by atoms with Crippen molar-refractivity contribution >= 4 is 27.4 Å². The molecular weight excluding hydrogens is 266 g/mol. The second-order valence-corrected chi connectivity index (χ2v) is 5.25. The molecule has 0 unspecified atom stereocenters. The average molecular weight is 274 g/mol. The minimum Gasteiger partial charge on any atom is -0.274 e. The van der Waals surface area contributed by atoms with E-state index in [0.29, 0.717) is 0 Å². The van der Waals surface area contributed by atoms with Crippen LogP contribution in [0.2, 0.25) is 5.15 Å². The Balaban J connectivity index is 2.26. The molecule has 17 heavy (non-hydrogen) atoms. The first kappa shape index (κ1) is 11.8. The maximum absolute atomic E-state index is 11.8. The second-order valence-electron chi connectivity index (χ2n) is 3.18. The van der Waals surface area contributed by atoms with Crippen molar-refractivity contribution in [3.63, 3.8) is 0 Å². The van der Waals surface area contributed by atoms with Crippen LogP contribution in [-0.4, -0.2) is 28.2 Å². The molecule has 90 valence electrons. The summed E-state index contributed by atoms with van der Waals surface area (Å²) in [5.74, 6) is 0.0956. The lowest BCUT2D eigenvalue weighted by Crippen LogP contribution is -2.13. The van der Waals surface area contributed by atoms with E-state index in [1.807, 2.05) is 0 Å². The van der Waals surface area contributed by atoms with Crippen molar-refractivity contribution in [2.75, 3.05) is 4.72 Å². The highest BCUT2D eigenvalue weighted by molar-refractivity contribution is 7.92. The molecule has 0 aliphatic carbocycles. The first-order valence-corrected chi connectivity index (χ1v) is 6.32. The quantitative estimate of drug-likeness (QED) is 0.887. The molecule has 0 saturated carbocycles. The normalized spacial score (nSPS) is 11.4. The lowest BCUT2D eigenvalue weighted by molar-refractivity contribution is 0.601. The van der Waals surface area contributed by atoms with Crippen LogP contribution in [0.3, 0.4) is 0 Å². The van der Waals surface area contributed by atoms with Crippen molar-refractivity contribution in [1.82, 2.24) is 19.7 Å². The van der Waals surface area contributed by atoms with E-state index in [2.05, 4.69) is 19.8 Å². The zero-order chi connectivity index (χ0) is 12.5. The molecule has 2 heterocycles. The van der Waals surface area contributed by atoms with Crippen LogP contribution in [-0.2, 0) is 17.1 Å². The van der Waals surface area contributed by atoms with Gasteiger partial charge in [-0.25, -0.2) is 18.4 Å². The van der Waals surface area contributed by atoms with Crippen molar-refractivity contribution in [1.29, 1.82) is 0 Å². The van der Waals surface area contributed by atoms with Gasteiger partial charge in [0.25, 0.3) is 10.0 Å². The van der Waals surface area contributed by atoms with E-state index in [1.165, 1.54) is 29.5 Å². The number of sulfonamides is 1. The molecule has 7 nitrogen and oxygen atoms in total. The molecule has 0 aliphatic rings. The van der Waals surface area contributed by atoms with Gasteiger partial charge < -0.3 is 0 Å². The highest BCUT2D eigenvalue weighted by Crippen LogP contribution is 2.13. The summed E-state index contributed by atoms with van der Waals surface area (Å²) < 4.78 is 27.3. The van der Waals surface area contributed by atoms with Crippen LogP contribution in [0.5, 0.6) is 0 Å². The molecule has 0 radical (unpaired) electrons. The summed E-state index contributed by atoms with van der Waals surface area (Å²) >= 11 is 5.54. The number of aromatic nitrogens is 4. The number of hydrogen-bond acceptors (Lipinski definition) is 5. The van der Waals surface area contributed by atoms with Crippen molar-refractivity contribution in [2.45, 2.75) is 4.90 Å². The molecule has 2 aromatic rings. The number of hydrogen-bond donors (Lipinski definition) is 1. The minimum absolute atomic E-state index is 0.0525. The van der Waals surface area contributed by atoms with Gasteiger partial charge in [0.15, 0.2) is 5.82 Å². The van der Waals surface area contributed by atoms with E-state index in [1.54, 1.807) is 7.05 Å². The Morgan fingerprint density at radius 2 is 2.06 bits per heavy atom. The monoisotopic (exact) mass is 273 g/mol. The maximum atomic E-state index is 11.8. The first-order chi connectivity index (χ1) is 7.97. The minimum atomic E-state index is -3.68. The van der Waals surface area contributed by atoms with Crippen molar-refractivity contribution < 1.29 is 8.42 Å². The molecule has 9 heteroatoms. The zero-order valence-electron chi connectivity index (χ0n) is 8.70. The summed E-state index contributed by atoms with van der Waals surface area (Å²) in [5.41, 5.74) is 0. The van der Waals surface area contributed by atoms with Crippen LogP contribution in [0, 0.1) is 0 Å². The highest BCUT2D eigenvalue weighted by atomic mass is 35.5. The van der Waals surface area contributed by atoms with Crippen molar-refractivity contribution in [2.24, 2.45) is 7.05 Å². The van der Waals surface area contributed by atoms with E-state index >= 15 is 0 Å². The largest absolute Gasteiger partial charge is 0.274 e. The standard InChI is InChI=1S/C8H8ClN5O2S/c1-14-5-6(2-12-14)17(15,16)13-8-4-10-7(9)3-11-8/h2-5H,1H3,(H,11,13). The van der Waals surface area contributed by atoms with Gasteiger partial charge in [-0.3, -0.25) is 9.40 Å². The van der Waals surface area contributed by atoms with Gasteiger partial charge in [-0.1, -0.05) is 11.6 Å². The van der Waals surface area contributed by atoms with Crippen LogP contribution in [0.25, 0.3) is 0 Å². The Bertz CT molecular complexity index is 622. The molecule has 0 aliphatic heterocycles. The van der Waals surface area contributed by atoms with E-state index in [9.17, 15) is 8.42 Å². The number of anilines is 1. The highest BCUT2D eigenvalue weighted by Gasteiger charge is 2.16. The maximum Gasteiger partial charge on any atom is 0.266 e. The molecule has 2 aromatic heterocycles. The molecule has 1 N–H and O–H groups in total. The molecule has 0 bridgehead atoms. The van der Waals surface area contributed by atoms with Gasteiger partial charge in [0.05, 0.1) is 18.6 Å². The van der Waals surface area contributed by atoms with E-state index in [4.69, 9.17) is 11.6 Å². The van der Waals surface area contributed by atoms with E-state index in [0.717, 1.165) is 0 Å². The second kappa shape index (κ2) is 4.30. The average Bonchev–Trinajstić information content (AvgIpc) is 2.69. The van der Waals surface area contributed by atoms with Crippen molar-refractivity contribution in [3.8, 4) is 0 Å². The number of nitrogens with one attached hydrogen (secondary N) is 1. The summed E-state index contributed by atoms with van der Waals surface area (Å²) in [7, 11) is -2.06. The summed E-state index contributed by atoms with van der Waals surface area (Å²) in [6, 6.07) is 0. The number of halogens is 1. The lowest BCUT2D eigenvalue weighted by atomic mass is 10.7. The van der Waals surface area contributed by atoms with Gasteiger partial charge in [0, 0.05) is 13.2 Å². The van der Waals surface area contributed by atoms with E-state index in [-0.39, 0.29) is 15.9 Å². The van der Waals surface area contributed by atoms with Gasteiger partial charge in [0.2, 0.25) is 0 Å². The summed E-state index contributed by atoms with van der Waals surface area (Å²) in [6.07, 6.45) is 5.11. The van der Waals surface area contributed by atoms with Crippen molar-refractivity contribution in [3.05, 3.63) is 29.9 Å². The number of rotatable bonds is 3. The summed E-state index contributed by atoms with van der Waals surface area (Å²) in [4.78, 5) is 7.55. The summed E-state index contributed by atoms with van der Waals surface area (Å²) in [6.45, 7) is 0. The fraction of sp³-hybridized carbons (Fsp3) is 0.125. The molecule has 0 saturated heterocycles. The van der Waals surface area contributed by atoms with Gasteiger partial charge in [-0.2, -0.15) is 5.10 Å². The van der Waals surface area contributed by atoms with Gasteiger partial charge in [-0.05, 0) is 0 Å². The molecule has 2 rings (SSSR count). The third-order valence-corrected chi connectivity index (χ3v) is 3.36. The predicted molar refractivity (Wildman–Crippen MR) is 61.1 cm³/mol. The number of aryl methyl sites for hydroxylation is 1. The van der Waals surface area contributed by atoms with Gasteiger partial charge in [0.1, 0.15) is 10.0 Å². The van der Waals surface area contributed by atoms with Crippen LogP contribution in [0.4, 0.5) is 5.82 Å². The Morgan fingerprint density at radius 3 is 2.59 bits per heavy atom. The predicted octanol–water partition coefficient (Wildman–Crippen LogP) is 0.664. The smallest absolute Gasteiger partial charge is 0.266 e. The molecular formula is C8H8ClN5O2S. The third-order valence-electron chi connectivity index (χ3n) is 1.85. The van der Waals surface area contributed by atoms with Gasteiger partial charge in [-0.15, -0.1) is 0 Å². The SMILES string of the molecule is Cn1cc(S(=O)(=O)Nc2cnc(Cl)cn2)cn1. The molecule has 0 aromatic carbocycles. The Morgan fingerprint density at radius 1 is 1.29 bits per heavy atom. The molecule has 0 fully saturated rings. The van der Waals surface area contributed by atoms with Crippen LogP contribution < -0.4 is 4.72 Å². The van der Waals surface area contributed by atoms with Crippen LogP contribution in [0.1, 0.15) is 0 Å². The van der Waals surface area contributed by atoms with Gasteiger partial charge >= 0.3 is 0 Å².